The summed E-state index contributed by atoms with van der Waals surface area (Å²) in [5.74, 6) is -0.359. The molecule has 0 atom stereocenters. The molecule has 0 saturated heterocycles. The zero-order valence-corrected chi connectivity index (χ0v) is 15.2. The molecule has 1 aromatic carbocycles. The molecule has 0 fully saturated rings. The quantitative estimate of drug-likeness (QED) is 0.524. The van der Waals surface area contributed by atoms with Crippen LogP contribution in [-0.2, 0) is 6.42 Å². The lowest BCUT2D eigenvalue weighted by atomic mass is 10.2. The minimum absolute atomic E-state index is 0.0785. The molecule has 0 saturated carbocycles. The SMILES string of the molecule is CCc1nc2c(C)cc(Br)cn2c1C(=O)Nc1cccc([N+](=O)[O-])c1. The van der Waals surface area contributed by atoms with E-state index in [1.54, 1.807) is 16.7 Å². The van der Waals surface area contributed by atoms with E-state index in [0.717, 1.165) is 10.0 Å². The van der Waals surface area contributed by atoms with E-state index >= 15 is 0 Å². The van der Waals surface area contributed by atoms with Gasteiger partial charge in [-0.05, 0) is 47.0 Å². The molecule has 25 heavy (non-hydrogen) atoms. The van der Waals surface area contributed by atoms with Crippen molar-refractivity contribution in [2.45, 2.75) is 20.3 Å². The predicted octanol–water partition coefficient (Wildman–Crippen LogP) is 4.13. The van der Waals surface area contributed by atoms with Crippen molar-refractivity contribution in [3.05, 3.63) is 68.1 Å². The fourth-order valence-corrected chi connectivity index (χ4v) is 3.24. The van der Waals surface area contributed by atoms with Crippen molar-refractivity contribution in [1.82, 2.24) is 9.38 Å². The minimum Gasteiger partial charge on any atom is -0.320 e. The highest BCUT2D eigenvalue weighted by molar-refractivity contribution is 9.10. The van der Waals surface area contributed by atoms with Crippen LogP contribution in [0.3, 0.4) is 0 Å². The number of aryl methyl sites for hydroxylation is 2. The maximum atomic E-state index is 12.8. The third-order valence-electron chi connectivity index (χ3n) is 3.81. The van der Waals surface area contributed by atoms with Gasteiger partial charge in [0.25, 0.3) is 11.6 Å². The van der Waals surface area contributed by atoms with Crippen molar-refractivity contribution in [3.8, 4) is 0 Å². The van der Waals surface area contributed by atoms with Crippen LogP contribution in [0.15, 0.2) is 41.0 Å². The highest BCUT2D eigenvalue weighted by Gasteiger charge is 2.20. The Bertz CT molecular complexity index is 997. The Morgan fingerprint density at radius 2 is 2.16 bits per heavy atom. The van der Waals surface area contributed by atoms with Gasteiger partial charge in [-0.1, -0.05) is 13.0 Å². The fraction of sp³-hybridized carbons (Fsp3) is 0.176. The number of rotatable bonds is 4. The minimum atomic E-state index is -0.498. The molecule has 0 bridgehead atoms. The zero-order valence-electron chi connectivity index (χ0n) is 13.6. The van der Waals surface area contributed by atoms with Gasteiger partial charge in [-0.2, -0.15) is 0 Å². The Hall–Kier alpha value is -2.74. The van der Waals surface area contributed by atoms with Crippen molar-refractivity contribution in [2.24, 2.45) is 0 Å². The second-order valence-electron chi connectivity index (χ2n) is 5.56. The van der Waals surface area contributed by atoms with Crippen LogP contribution in [0.5, 0.6) is 0 Å². The van der Waals surface area contributed by atoms with Crippen molar-refractivity contribution < 1.29 is 9.72 Å². The summed E-state index contributed by atoms with van der Waals surface area (Å²) < 4.78 is 2.58. The van der Waals surface area contributed by atoms with Crippen LogP contribution in [0.25, 0.3) is 5.65 Å². The second-order valence-corrected chi connectivity index (χ2v) is 6.47. The molecule has 2 aromatic heterocycles. The van der Waals surface area contributed by atoms with E-state index in [0.29, 0.717) is 29.1 Å². The summed E-state index contributed by atoms with van der Waals surface area (Å²) in [7, 11) is 0. The molecule has 0 unspecified atom stereocenters. The first-order chi connectivity index (χ1) is 11.9. The van der Waals surface area contributed by atoms with Gasteiger partial charge in [0.15, 0.2) is 0 Å². The number of non-ortho nitro benzene ring substituents is 1. The lowest BCUT2D eigenvalue weighted by Crippen LogP contribution is -2.16. The molecule has 0 aliphatic heterocycles. The number of fused-ring (bicyclic) bond motifs is 1. The topological polar surface area (TPSA) is 89.5 Å². The van der Waals surface area contributed by atoms with E-state index < -0.39 is 4.92 Å². The molecule has 7 nitrogen and oxygen atoms in total. The van der Waals surface area contributed by atoms with E-state index in [-0.39, 0.29) is 11.6 Å². The first-order valence-electron chi connectivity index (χ1n) is 7.63. The molecule has 8 heteroatoms. The second kappa shape index (κ2) is 6.64. The van der Waals surface area contributed by atoms with Gasteiger partial charge < -0.3 is 5.32 Å². The Labute approximate surface area is 152 Å². The third kappa shape index (κ3) is 3.25. The fourth-order valence-electron chi connectivity index (χ4n) is 2.69. The number of nitrogens with one attached hydrogen (secondary N) is 1. The number of benzene rings is 1. The van der Waals surface area contributed by atoms with Crippen LogP contribution in [0, 0.1) is 17.0 Å². The highest BCUT2D eigenvalue weighted by Crippen LogP contribution is 2.23. The van der Waals surface area contributed by atoms with Gasteiger partial charge in [-0.15, -0.1) is 0 Å². The molecule has 128 valence electrons. The number of aromatic nitrogens is 2. The summed E-state index contributed by atoms with van der Waals surface area (Å²) in [4.78, 5) is 27.8. The van der Waals surface area contributed by atoms with Gasteiger partial charge in [-0.25, -0.2) is 4.98 Å². The number of carbonyl (C=O) groups is 1. The van der Waals surface area contributed by atoms with Crippen LogP contribution in [-0.4, -0.2) is 20.2 Å². The normalized spacial score (nSPS) is 10.8. The molecular weight excluding hydrogens is 388 g/mol. The van der Waals surface area contributed by atoms with Gasteiger partial charge in [0.05, 0.1) is 10.6 Å². The molecule has 0 spiro atoms. The molecule has 0 aliphatic carbocycles. The van der Waals surface area contributed by atoms with Crippen molar-refractivity contribution in [1.29, 1.82) is 0 Å². The summed E-state index contributed by atoms with van der Waals surface area (Å²) in [6, 6.07) is 7.78. The van der Waals surface area contributed by atoms with Crippen LogP contribution >= 0.6 is 15.9 Å². The van der Waals surface area contributed by atoms with Crippen LogP contribution < -0.4 is 5.32 Å². The number of hydrogen-bond donors (Lipinski definition) is 1. The van der Waals surface area contributed by atoms with E-state index in [2.05, 4.69) is 26.2 Å². The summed E-state index contributed by atoms with van der Waals surface area (Å²) >= 11 is 3.43. The number of amides is 1. The molecule has 1 amide bonds. The smallest absolute Gasteiger partial charge is 0.274 e. The zero-order chi connectivity index (χ0) is 18.1. The van der Waals surface area contributed by atoms with Crippen molar-refractivity contribution >= 4 is 38.9 Å². The lowest BCUT2D eigenvalue weighted by Gasteiger charge is -2.07. The largest absolute Gasteiger partial charge is 0.320 e. The van der Waals surface area contributed by atoms with Crippen LogP contribution in [0.2, 0.25) is 0 Å². The number of halogens is 1. The van der Waals surface area contributed by atoms with E-state index in [9.17, 15) is 14.9 Å². The predicted molar refractivity (Wildman–Crippen MR) is 98.1 cm³/mol. The summed E-state index contributed by atoms with van der Waals surface area (Å²) in [5, 5.41) is 13.6. The number of carbonyl (C=O) groups excluding carboxylic acids is 1. The van der Waals surface area contributed by atoms with Crippen molar-refractivity contribution in [2.75, 3.05) is 5.32 Å². The Morgan fingerprint density at radius 1 is 1.40 bits per heavy atom. The Kier molecular flexibility index (Phi) is 4.54. The third-order valence-corrected chi connectivity index (χ3v) is 4.24. The first-order valence-corrected chi connectivity index (χ1v) is 8.43. The van der Waals surface area contributed by atoms with Gasteiger partial charge in [0, 0.05) is 28.5 Å². The molecule has 3 aromatic rings. The molecule has 3 rings (SSSR count). The number of nitro groups is 1. The monoisotopic (exact) mass is 402 g/mol. The summed E-state index contributed by atoms with van der Waals surface area (Å²) in [6.07, 6.45) is 2.38. The summed E-state index contributed by atoms with van der Waals surface area (Å²) in [6.45, 7) is 3.85. The standard InChI is InChI=1S/C17H15BrN4O3/c1-3-14-15(21-9-11(18)7-10(2)16(21)20-14)17(23)19-12-5-4-6-13(8-12)22(24)25/h4-9H,3H2,1-2H3,(H,19,23). The van der Waals surface area contributed by atoms with Gasteiger partial charge >= 0.3 is 0 Å². The molecule has 1 N–H and O–H groups in total. The molecule has 0 radical (unpaired) electrons. The van der Waals surface area contributed by atoms with E-state index in [4.69, 9.17) is 0 Å². The number of nitrogens with zero attached hydrogens (tertiary/aromatic N) is 3. The number of anilines is 1. The molecular formula is C17H15BrN4O3. The molecule has 0 aliphatic rings. The van der Waals surface area contributed by atoms with Gasteiger partial charge in [-0.3, -0.25) is 19.3 Å². The average Bonchev–Trinajstić information content (AvgIpc) is 2.93. The number of pyridine rings is 1. The Balaban J connectivity index is 2.05. The number of nitro benzene ring substituents is 1. The lowest BCUT2D eigenvalue weighted by molar-refractivity contribution is -0.384. The Morgan fingerprint density at radius 3 is 2.84 bits per heavy atom. The first kappa shape index (κ1) is 17.1. The van der Waals surface area contributed by atoms with Gasteiger partial charge in [0.2, 0.25) is 0 Å². The average molecular weight is 403 g/mol. The van der Waals surface area contributed by atoms with E-state index in [1.165, 1.54) is 18.2 Å². The maximum Gasteiger partial charge on any atom is 0.274 e. The maximum absolute atomic E-state index is 12.8. The van der Waals surface area contributed by atoms with Crippen LogP contribution in [0.4, 0.5) is 11.4 Å². The van der Waals surface area contributed by atoms with Crippen molar-refractivity contribution in [3.63, 3.8) is 0 Å². The van der Waals surface area contributed by atoms with Gasteiger partial charge in [0.1, 0.15) is 11.3 Å². The van der Waals surface area contributed by atoms with E-state index in [1.807, 2.05) is 19.9 Å². The number of hydrogen-bond acceptors (Lipinski definition) is 4. The number of imidazole rings is 1. The summed E-state index contributed by atoms with van der Waals surface area (Å²) in [5.41, 5.74) is 3.04. The highest BCUT2D eigenvalue weighted by atomic mass is 79.9. The molecule has 2 heterocycles. The van der Waals surface area contributed by atoms with Crippen LogP contribution in [0.1, 0.15) is 28.7 Å².